The van der Waals surface area contributed by atoms with Crippen molar-refractivity contribution in [3.05, 3.63) is 35.6 Å². The maximum atomic E-state index is 13.1. The third kappa shape index (κ3) is 5.68. The maximum Gasteiger partial charge on any atom is 0.306 e. The fourth-order valence-corrected chi connectivity index (χ4v) is 3.21. The van der Waals surface area contributed by atoms with Crippen LogP contribution in [0.25, 0.3) is 0 Å². The van der Waals surface area contributed by atoms with Gasteiger partial charge in [0.25, 0.3) is 0 Å². The van der Waals surface area contributed by atoms with Crippen molar-refractivity contribution in [3.8, 4) is 0 Å². The zero-order valence-corrected chi connectivity index (χ0v) is 15.5. The number of carbonyl (C=O) groups is 2. The summed E-state index contributed by atoms with van der Waals surface area (Å²) >= 11 is 0. The number of carboxylic acids is 1. The summed E-state index contributed by atoms with van der Waals surface area (Å²) in [5.74, 6) is -1.32. The molecule has 1 unspecified atom stereocenters. The summed E-state index contributed by atoms with van der Waals surface area (Å²) in [5.41, 5.74) is 0.899. The molecule has 1 aromatic carbocycles. The highest BCUT2D eigenvalue weighted by atomic mass is 35.5. The molecule has 0 radical (unpaired) electrons. The second kappa shape index (κ2) is 9.73. The van der Waals surface area contributed by atoms with Gasteiger partial charge in [-0.2, -0.15) is 0 Å². The highest BCUT2D eigenvalue weighted by molar-refractivity contribution is 5.85. The number of carbonyl (C=O) groups excluding carboxylic acids is 1. The van der Waals surface area contributed by atoms with Crippen molar-refractivity contribution in [1.82, 2.24) is 9.80 Å². The van der Waals surface area contributed by atoms with E-state index in [0.29, 0.717) is 39.0 Å². The van der Waals surface area contributed by atoms with Gasteiger partial charge in [0.1, 0.15) is 5.82 Å². The van der Waals surface area contributed by atoms with E-state index in [9.17, 15) is 14.0 Å². The first-order valence-corrected chi connectivity index (χ1v) is 8.42. The van der Waals surface area contributed by atoms with Gasteiger partial charge in [-0.05, 0) is 57.5 Å². The molecule has 1 atom stereocenters. The Kier molecular flexibility index (Phi) is 8.32. The normalized spacial score (nSPS) is 16.8. The number of rotatable bonds is 6. The highest BCUT2D eigenvalue weighted by Crippen LogP contribution is 2.22. The van der Waals surface area contributed by atoms with Crippen LogP contribution in [0.2, 0.25) is 0 Å². The molecule has 0 saturated carbocycles. The minimum absolute atomic E-state index is 0. The number of hydrogen-bond donors (Lipinski definition) is 1. The summed E-state index contributed by atoms with van der Waals surface area (Å²) in [6, 6.07) is 6.09. The lowest BCUT2D eigenvalue weighted by Gasteiger charge is -2.33. The fourth-order valence-electron chi connectivity index (χ4n) is 3.21. The average molecular weight is 373 g/mol. The van der Waals surface area contributed by atoms with Crippen LogP contribution in [0.3, 0.4) is 0 Å². The number of likely N-dealkylation sites (tertiary alicyclic amines) is 1. The molecule has 5 nitrogen and oxygen atoms in total. The van der Waals surface area contributed by atoms with Gasteiger partial charge in [0.2, 0.25) is 5.91 Å². The van der Waals surface area contributed by atoms with Crippen LogP contribution in [0, 0.1) is 11.7 Å². The van der Waals surface area contributed by atoms with Gasteiger partial charge < -0.3 is 10.0 Å². The standard InChI is InChI=1S/C18H25FN2O3.ClH/c1-3-21(13(2)14-4-6-16(19)7-5-14)17(22)12-20-10-8-15(9-11-20)18(23)24;/h4-7,13,15H,3,8-12H2,1-2H3,(H,23,24);1H. The number of nitrogens with zero attached hydrogens (tertiary/aromatic N) is 2. The first-order valence-electron chi connectivity index (χ1n) is 8.42. The molecule has 1 N–H and O–H groups in total. The van der Waals surface area contributed by atoms with Crippen molar-refractivity contribution in [1.29, 1.82) is 0 Å². The molecule has 7 heteroatoms. The van der Waals surface area contributed by atoms with Gasteiger partial charge in [0, 0.05) is 6.54 Å². The molecule has 140 valence electrons. The Morgan fingerprint density at radius 1 is 1.28 bits per heavy atom. The third-order valence-electron chi connectivity index (χ3n) is 4.78. The number of halogens is 2. The van der Waals surface area contributed by atoms with Gasteiger partial charge in [0.05, 0.1) is 18.5 Å². The van der Waals surface area contributed by atoms with Crippen molar-refractivity contribution >= 4 is 24.3 Å². The summed E-state index contributed by atoms with van der Waals surface area (Å²) in [5, 5.41) is 9.03. The molecule has 0 aromatic heterocycles. The van der Waals surface area contributed by atoms with Gasteiger partial charge in [-0.25, -0.2) is 4.39 Å². The number of aliphatic carboxylic acids is 1. The topological polar surface area (TPSA) is 60.9 Å². The molecule has 1 heterocycles. The van der Waals surface area contributed by atoms with E-state index in [4.69, 9.17) is 5.11 Å². The van der Waals surface area contributed by atoms with Gasteiger partial charge in [-0.1, -0.05) is 12.1 Å². The molecule has 0 aliphatic carbocycles. The van der Waals surface area contributed by atoms with Crippen LogP contribution in [-0.4, -0.2) is 53.0 Å². The molecule has 1 aromatic rings. The van der Waals surface area contributed by atoms with Crippen LogP contribution < -0.4 is 0 Å². The lowest BCUT2D eigenvalue weighted by molar-refractivity contribution is -0.143. The quantitative estimate of drug-likeness (QED) is 0.834. The SMILES string of the molecule is CCN(C(=O)CN1CCC(C(=O)O)CC1)C(C)c1ccc(F)cc1.Cl. The van der Waals surface area contributed by atoms with Crippen molar-refractivity contribution in [2.24, 2.45) is 5.92 Å². The highest BCUT2D eigenvalue weighted by Gasteiger charge is 2.27. The van der Waals surface area contributed by atoms with Crippen LogP contribution >= 0.6 is 12.4 Å². The average Bonchev–Trinajstić information content (AvgIpc) is 2.56. The Morgan fingerprint density at radius 2 is 1.84 bits per heavy atom. The molecular weight excluding hydrogens is 347 g/mol. The lowest BCUT2D eigenvalue weighted by atomic mass is 9.97. The van der Waals surface area contributed by atoms with E-state index in [1.54, 1.807) is 17.0 Å². The molecule has 1 aliphatic rings. The van der Waals surface area contributed by atoms with Gasteiger partial charge in [-0.15, -0.1) is 12.4 Å². The van der Waals surface area contributed by atoms with E-state index < -0.39 is 5.97 Å². The lowest BCUT2D eigenvalue weighted by Crippen LogP contribution is -2.45. The minimum Gasteiger partial charge on any atom is -0.481 e. The van der Waals surface area contributed by atoms with Gasteiger partial charge in [0.15, 0.2) is 0 Å². The Bertz CT molecular complexity index is 574. The van der Waals surface area contributed by atoms with E-state index in [1.165, 1.54) is 12.1 Å². The summed E-state index contributed by atoms with van der Waals surface area (Å²) < 4.78 is 13.1. The first-order chi connectivity index (χ1) is 11.4. The fraction of sp³-hybridized carbons (Fsp3) is 0.556. The molecule has 2 rings (SSSR count). The maximum absolute atomic E-state index is 13.1. The Balaban J connectivity index is 0.00000312. The Morgan fingerprint density at radius 3 is 2.32 bits per heavy atom. The largest absolute Gasteiger partial charge is 0.481 e. The summed E-state index contributed by atoms with van der Waals surface area (Å²) in [6.45, 7) is 5.99. The Hall–Kier alpha value is -1.66. The molecule has 25 heavy (non-hydrogen) atoms. The summed E-state index contributed by atoms with van der Waals surface area (Å²) in [6.07, 6.45) is 1.17. The molecule has 0 bridgehead atoms. The third-order valence-corrected chi connectivity index (χ3v) is 4.78. The van der Waals surface area contributed by atoms with Crippen molar-refractivity contribution in [3.63, 3.8) is 0 Å². The van der Waals surface area contributed by atoms with Crippen LogP contribution in [0.15, 0.2) is 24.3 Å². The van der Waals surface area contributed by atoms with E-state index in [-0.39, 0.29) is 36.1 Å². The van der Waals surface area contributed by atoms with Crippen LogP contribution in [0.5, 0.6) is 0 Å². The molecular formula is C18H26ClFN2O3. The van der Waals surface area contributed by atoms with Crippen LogP contribution in [0.1, 0.15) is 38.3 Å². The zero-order valence-electron chi connectivity index (χ0n) is 14.7. The van der Waals surface area contributed by atoms with Gasteiger partial charge in [-0.3, -0.25) is 14.5 Å². The van der Waals surface area contributed by atoms with Crippen LogP contribution in [-0.2, 0) is 9.59 Å². The monoisotopic (exact) mass is 372 g/mol. The molecule has 0 spiro atoms. The van der Waals surface area contributed by atoms with E-state index in [2.05, 4.69) is 0 Å². The molecule has 1 saturated heterocycles. The number of amides is 1. The summed E-state index contributed by atoms with van der Waals surface area (Å²) in [7, 11) is 0. The molecule has 1 amide bonds. The predicted molar refractivity (Wildman–Crippen MR) is 96.2 cm³/mol. The van der Waals surface area contributed by atoms with Crippen LogP contribution in [0.4, 0.5) is 4.39 Å². The molecule has 1 fully saturated rings. The van der Waals surface area contributed by atoms with Crippen molar-refractivity contribution < 1.29 is 19.1 Å². The zero-order chi connectivity index (χ0) is 17.7. The van der Waals surface area contributed by atoms with E-state index in [0.717, 1.165) is 5.56 Å². The number of hydrogen-bond acceptors (Lipinski definition) is 3. The van der Waals surface area contributed by atoms with Crippen molar-refractivity contribution in [2.45, 2.75) is 32.7 Å². The smallest absolute Gasteiger partial charge is 0.306 e. The second-order valence-corrected chi connectivity index (χ2v) is 6.30. The summed E-state index contributed by atoms with van der Waals surface area (Å²) in [4.78, 5) is 27.4. The van der Waals surface area contributed by atoms with E-state index >= 15 is 0 Å². The molecule has 1 aliphatic heterocycles. The predicted octanol–water partition coefficient (Wildman–Crippen LogP) is 2.95. The number of likely N-dealkylation sites (N-methyl/N-ethyl adjacent to an activating group) is 1. The minimum atomic E-state index is -0.749. The first kappa shape index (κ1) is 21.4. The Labute approximate surface area is 154 Å². The number of carboxylic acid groups (broad SMARTS) is 1. The second-order valence-electron chi connectivity index (χ2n) is 6.30. The van der Waals surface area contributed by atoms with E-state index in [1.807, 2.05) is 18.7 Å². The number of benzene rings is 1. The number of piperidine rings is 1. The van der Waals surface area contributed by atoms with Crippen molar-refractivity contribution in [2.75, 3.05) is 26.2 Å². The van der Waals surface area contributed by atoms with Gasteiger partial charge >= 0.3 is 5.97 Å².